The number of carboxylic acid groups (broad SMARTS) is 1. The zero-order valence-electron chi connectivity index (χ0n) is 9.34. The summed E-state index contributed by atoms with van der Waals surface area (Å²) in [7, 11) is -2.21. The van der Waals surface area contributed by atoms with Gasteiger partial charge in [0, 0.05) is 18.5 Å². The molecule has 1 heterocycles. The number of aromatic carboxylic acids is 1. The van der Waals surface area contributed by atoms with Gasteiger partial charge in [0.2, 0.25) is 10.0 Å². The van der Waals surface area contributed by atoms with Gasteiger partial charge < -0.3 is 9.84 Å². The SMILES string of the molecule is COCC(C)NS(=O)(=O)c1csc(C(=O)O)c1. The molecule has 1 rings (SSSR count). The summed E-state index contributed by atoms with van der Waals surface area (Å²) in [6.45, 7) is 1.90. The van der Waals surface area contributed by atoms with Crippen LogP contribution < -0.4 is 4.72 Å². The summed E-state index contributed by atoms with van der Waals surface area (Å²) < 4.78 is 30.8. The van der Waals surface area contributed by atoms with Crippen LogP contribution in [0.1, 0.15) is 16.6 Å². The van der Waals surface area contributed by atoms with E-state index in [0.29, 0.717) is 0 Å². The predicted molar refractivity (Wildman–Crippen MR) is 62.9 cm³/mol. The van der Waals surface area contributed by atoms with E-state index in [4.69, 9.17) is 9.84 Å². The van der Waals surface area contributed by atoms with E-state index in [9.17, 15) is 13.2 Å². The molecule has 0 aliphatic heterocycles. The molecule has 0 spiro atoms. The first-order valence-corrected chi connectivity index (χ1v) is 7.06. The minimum absolute atomic E-state index is 0.00947. The van der Waals surface area contributed by atoms with Crippen LogP contribution in [0.2, 0.25) is 0 Å². The Kier molecular flexibility index (Phi) is 4.63. The summed E-state index contributed by atoms with van der Waals surface area (Å²) in [6, 6.07) is 0.757. The van der Waals surface area contributed by atoms with Gasteiger partial charge >= 0.3 is 5.97 Å². The molecule has 0 aliphatic carbocycles. The van der Waals surface area contributed by atoms with Gasteiger partial charge in [0.1, 0.15) is 4.88 Å². The molecule has 1 unspecified atom stereocenters. The number of sulfonamides is 1. The highest BCUT2D eigenvalue weighted by molar-refractivity contribution is 7.89. The highest BCUT2D eigenvalue weighted by Crippen LogP contribution is 2.19. The largest absolute Gasteiger partial charge is 0.477 e. The molecule has 0 amide bonds. The highest BCUT2D eigenvalue weighted by atomic mass is 32.2. The van der Waals surface area contributed by atoms with Crippen LogP contribution in [0.15, 0.2) is 16.3 Å². The van der Waals surface area contributed by atoms with Crippen LogP contribution >= 0.6 is 11.3 Å². The molecule has 8 heteroatoms. The number of carbonyl (C=O) groups is 1. The molecule has 0 saturated carbocycles. The average Bonchev–Trinajstić information content (AvgIpc) is 2.65. The third-order valence-corrected chi connectivity index (χ3v) is 4.51. The number of hydrogen-bond acceptors (Lipinski definition) is 5. The Labute approximate surface area is 103 Å². The Morgan fingerprint density at radius 3 is 2.76 bits per heavy atom. The topological polar surface area (TPSA) is 92.7 Å². The van der Waals surface area contributed by atoms with Gasteiger partial charge in [-0.25, -0.2) is 17.9 Å². The molecular weight excluding hydrogens is 266 g/mol. The smallest absolute Gasteiger partial charge is 0.345 e. The Morgan fingerprint density at radius 1 is 1.65 bits per heavy atom. The van der Waals surface area contributed by atoms with Crippen molar-refractivity contribution in [3.8, 4) is 0 Å². The molecule has 0 fully saturated rings. The fraction of sp³-hybridized carbons (Fsp3) is 0.444. The molecule has 6 nitrogen and oxygen atoms in total. The fourth-order valence-electron chi connectivity index (χ4n) is 1.19. The maximum absolute atomic E-state index is 11.8. The first kappa shape index (κ1) is 14.1. The maximum atomic E-state index is 11.8. The Balaban J connectivity index is 2.86. The Morgan fingerprint density at radius 2 is 2.29 bits per heavy atom. The number of methoxy groups -OCH3 is 1. The maximum Gasteiger partial charge on any atom is 0.345 e. The molecule has 17 heavy (non-hydrogen) atoms. The minimum atomic E-state index is -3.68. The number of hydrogen-bond donors (Lipinski definition) is 2. The van der Waals surface area contributed by atoms with Crippen LogP contribution in [-0.2, 0) is 14.8 Å². The third kappa shape index (κ3) is 3.77. The van der Waals surface area contributed by atoms with Crippen molar-refractivity contribution in [2.24, 2.45) is 0 Å². The van der Waals surface area contributed by atoms with Crippen molar-refractivity contribution in [3.63, 3.8) is 0 Å². The lowest BCUT2D eigenvalue weighted by molar-refractivity contribution is 0.0702. The van der Waals surface area contributed by atoms with E-state index in [1.165, 1.54) is 12.5 Å². The van der Waals surface area contributed by atoms with Crippen molar-refractivity contribution in [3.05, 3.63) is 16.3 Å². The normalized spacial score (nSPS) is 13.5. The lowest BCUT2D eigenvalue weighted by Gasteiger charge is -2.11. The van der Waals surface area contributed by atoms with Gasteiger partial charge in [-0.15, -0.1) is 11.3 Å². The second-order valence-corrected chi connectivity index (χ2v) is 6.05. The number of ether oxygens (including phenoxy) is 1. The van der Waals surface area contributed by atoms with E-state index in [1.807, 2.05) is 0 Å². The van der Waals surface area contributed by atoms with Crippen molar-refractivity contribution >= 4 is 27.3 Å². The van der Waals surface area contributed by atoms with Crippen LogP contribution in [-0.4, -0.2) is 39.3 Å². The molecule has 1 aromatic heterocycles. The zero-order valence-corrected chi connectivity index (χ0v) is 11.0. The van der Waals surface area contributed by atoms with Gasteiger partial charge in [0.05, 0.1) is 11.5 Å². The first-order valence-electron chi connectivity index (χ1n) is 4.70. The Hall–Kier alpha value is -0.960. The monoisotopic (exact) mass is 279 g/mol. The minimum Gasteiger partial charge on any atom is -0.477 e. The van der Waals surface area contributed by atoms with E-state index >= 15 is 0 Å². The van der Waals surface area contributed by atoms with Gasteiger partial charge in [-0.2, -0.15) is 0 Å². The number of rotatable bonds is 6. The fourth-order valence-corrected chi connectivity index (χ4v) is 3.53. The molecular formula is C9H13NO5S2. The van der Waals surface area contributed by atoms with Crippen LogP contribution in [0.5, 0.6) is 0 Å². The van der Waals surface area contributed by atoms with Crippen molar-refractivity contribution in [2.45, 2.75) is 17.9 Å². The summed E-state index contributed by atoms with van der Waals surface area (Å²) in [5.74, 6) is -1.14. The summed E-state index contributed by atoms with van der Waals surface area (Å²) in [6.07, 6.45) is 0. The summed E-state index contributed by atoms with van der Waals surface area (Å²) in [5.41, 5.74) is 0. The van der Waals surface area contributed by atoms with Gasteiger partial charge in [-0.1, -0.05) is 0 Å². The summed E-state index contributed by atoms with van der Waals surface area (Å²) in [4.78, 5) is 10.6. The van der Waals surface area contributed by atoms with Gasteiger partial charge in [-0.05, 0) is 13.0 Å². The first-order chi connectivity index (χ1) is 7.86. The van der Waals surface area contributed by atoms with E-state index in [1.54, 1.807) is 6.92 Å². The van der Waals surface area contributed by atoms with Crippen molar-refractivity contribution in [1.29, 1.82) is 0 Å². The van der Waals surface area contributed by atoms with Crippen molar-refractivity contribution in [1.82, 2.24) is 4.72 Å². The lowest BCUT2D eigenvalue weighted by atomic mass is 10.4. The van der Waals surface area contributed by atoms with E-state index in [2.05, 4.69) is 4.72 Å². The van der Waals surface area contributed by atoms with Gasteiger partial charge in [-0.3, -0.25) is 0 Å². The van der Waals surface area contributed by atoms with E-state index in [-0.39, 0.29) is 22.4 Å². The second-order valence-electron chi connectivity index (χ2n) is 3.43. The Bertz CT molecular complexity index is 493. The summed E-state index contributed by atoms with van der Waals surface area (Å²) >= 11 is 0.875. The van der Waals surface area contributed by atoms with Gasteiger partial charge in [0.25, 0.3) is 0 Å². The quantitative estimate of drug-likeness (QED) is 0.802. The average molecular weight is 279 g/mol. The second kappa shape index (κ2) is 5.58. The van der Waals surface area contributed by atoms with Crippen molar-refractivity contribution in [2.75, 3.05) is 13.7 Å². The molecule has 1 atom stereocenters. The lowest BCUT2D eigenvalue weighted by Crippen LogP contribution is -2.35. The molecule has 1 aromatic rings. The standard InChI is InChI=1S/C9H13NO5S2/c1-6(4-15-2)10-17(13,14)7-3-8(9(11)12)16-5-7/h3,5-6,10H,4H2,1-2H3,(H,11,12). The molecule has 0 aromatic carbocycles. The van der Waals surface area contributed by atoms with E-state index in [0.717, 1.165) is 17.4 Å². The highest BCUT2D eigenvalue weighted by Gasteiger charge is 2.20. The van der Waals surface area contributed by atoms with Crippen LogP contribution in [0.3, 0.4) is 0 Å². The van der Waals surface area contributed by atoms with E-state index < -0.39 is 16.0 Å². The van der Waals surface area contributed by atoms with Gasteiger partial charge in [0.15, 0.2) is 0 Å². The molecule has 0 aliphatic rings. The number of thiophene rings is 1. The molecule has 0 saturated heterocycles. The van der Waals surface area contributed by atoms with Crippen LogP contribution in [0, 0.1) is 0 Å². The third-order valence-electron chi connectivity index (χ3n) is 1.87. The number of carboxylic acids is 1. The molecule has 96 valence electrons. The van der Waals surface area contributed by atoms with Crippen LogP contribution in [0.25, 0.3) is 0 Å². The molecule has 0 bridgehead atoms. The zero-order chi connectivity index (χ0) is 13.1. The predicted octanol–water partition coefficient (Wildman–Crippen LogP) is 0.760. The molecule has 2 N–H and O–H groups in total. The van der Waals surface area contributed by atoms with Crippen molar-refractivity contribution < 1.29 is 23.1 Å². The molecule has 0 radical (unpaired) electrons. The number of nitrogens with one attached hydrogen (secondary N) is 1. The van der Waals surface area contributed by atoms with Crippen LogP contribution in [0.4, 0.5) is 0 Å². The summed E-state index contributed by atoms with van der Waals surface area (Å²) in [5, 5.41) is 10.0.